The van der Waals surface area contributed by atoms with Crippen molar-refractivity contribution in [1.29, 1.82) is 0 Å². The number of hydrogen-bond donors (Lipinski definition) is 1. The molecule has 5 heteroatoms. The van der Waals surface area contributed by atoms with E-state index in [4.69, 9.17) is 4.74 Å². The summed E-state index contributed by atoms with van der Waals surface area (Å²) >= 11 is 0. The van der Waals surface area contributed by atoms with Gasteiger partial charge in [-0.2, -0.15) is 0 Å². The van der Waals surface area contributed by atoms with E-state index in [1.807, 2.05) is 30.3 Å². The highest BCUT2D eigenvalue weighted by atomic mass is 16.5. The highest BCUT2D eigenvalue weighted by Crippen LogP contribution is 2.40. The molecule has 1 aliphatic carbocycles. The Bertz CT molecular complexity index is 566. The van der Waals surface area contributed by atoms with Crippen LogP contribution >= 0.6 is 0 Å². The number of carbonyl (C=O) groups excluding carboxylic acids is 1. The molecule has 2 fully saturated rings. The van der Waals surface area contributed by atoms with Gasteiger partial charge in [-0.05, 0) is 37.7 Å². The van der Waals surface area contributed by atoms with Crippen molar-refractivity contribution < 1.29 is 19.4 Å². The molecule has 1 aromatic carbocycles. The minimum Gasteiger partial charge on any atom is -0.480 e. The van der Waals surface area contributed by atoms with Gasteiger partial charge in [0.05, 0.1) is 6.61 Å². The van der Waals surface area contributed by atoms with Crippen LogP contribution in [0.3, 0.4) is 0 Å². The maximum atomic E-state index is 12.8. The summed E-state index contributed by atoms with van der Waals surface area (Å²) in [6, 6.07) is 8.95. The Kier molecular flexibility index (Phi) is 4.66. The molecular formula is C18H23NO4. The summed E-state index contributed by atoms with van der Waals surface area (Å²) in [5, 5.41) is 9.46. The van der Waals surface area contributed by atoms with E-state index in [1.54, 1.807) is 0 Å². The second-order valence-electron chi connectivity index (χ2n) is 6.42. The van der Waals surface area contributed by atoms with Gasteiger partial charge in [-0.15, -0.1) is 0 Å². The molecule has 1 N–H and O–H groups in total. The molecule has 0 radical (unpaired) electrons. The lowest BCUT2D eigenvalue weighted by molar-refractivity contribution is -0.163. The van der Waals surface area contributed by atoms with E-state index in [-0.39, 0.29) is 12.5 Å². The minimum atomic E-state index is -0.972. The zero-order valence-corrected chi connectivity index (χ0v) is 13.2. The van der Waals surface area contributed by atoms with E-state index in [1.165, 1.54) is 4.90 Å². The molecule has 0 unspecified atom stereocenters. The quantitative estimate of drug-likeness (QED) is 0.927. The van der Waals surface area contributed by atoms with E-state index in [0.29, 0.717) is 12.8 Å². The van der Waals surface area contributed by atoms with Crippen molar-refractivity contribution >= 4 is 11.9 Å². The maximum Gasteiger partial charge on any atom is 0.328 e. The van der Waals surface area contributed by atoms with Crippen molar-refractivity contribution in [2.75, 3.05) is 6.61 Å². The van der Waals surface area contributed by atoms with Gasteiger partial charge in [-0.1, -0.05) is 36.8 Å². The maximum absolute atomic E-state index is 12.8. The first kappa shape index (κ1) is 16.0. The predicted octanol–water partition coefficient (Wildman–Crippen LogP) is 2.59. The van der Waals surface area contributed by atoms with E-state index in [2.05, 4.69) is 0 Å². The molecule has 5 nitrogen and oxygen atoms in total. The van der Waals surface area contributed by atoms with Gasteiger partial charge in [0.25, 0.3) is 0 Å². The third-order valence-corrected chi connectivity index (χ3v) is 4.92. The third kappa shape index (κ3) is 3.24. The van der Waals surface area contributed by atoms with Gasteiger partial charge in [-0.3, -0.25) is 9.69 Å². The number of benzene rings is 1. The Morgan fingerprint density at radius 1 is 1.17 bits per heavy atom. The molecule has 1 atom stereocenters. The van der Waals surface area contributed by atoms with Gasteiger partial charge < -0.3 is 9.84 Å². The first-order valence-corrected chi connectivity index (χ1v) is 8.35. The number of rotatable bonds is 4. The second kappa shape index (κ2) is 6.71. The zero-order chi connectivity index (χ0) is 16.3. The Labute approximate surface area is 136 Å². The molecular weight excluding hydrogens is 294 g/mol. The molecule has 3 rings (SSSR count). The van der Waals surface area contributed by atoms with Crippen molar-refractivity contribution in [3.8, 4) is 0 Å². The number of aryl methyl sites for hydroxylation is 1. The average molecular weight is 317 g/mol. The molecule has 1 spiro atoms. The lowest BCUT2D eigenvalue weighted by Gasteiger charge is -2.41. The van der Waals surface area contributed by atoms with Gasteiger partial charge in [-0.25, -0.2) is 4.79 Å². The second-order valence-corrected chi connectivity index (χ2v) is 6.42. The molecule has 1 amide bonds. The van der Waals surface area contributed by atoms with E-state index < -0.39 is 17.7 Å². The highest BCUT2D eigenvalue weighted by molar-refractivity contribution is 5.85. The van der Waals surface area contributed by atoms with Crippen molar-refractivity contribution in [2.24, 2.45) is 0 Å². The topological polar surface area (TPSA) is 66.8 Å². The molecule has 1 heterocycles. The Morgan fingerprint density at radius 3 is 2.52 bits per heavy atom. The van der Waals surface area contributed by atoms with Crippen LogP contribution in [0.15, 0.2) is 30.3 Å². The molecule has 124 valence electrons. The summed E-state index contributed by atoms with van der Waals surface area (Å²) < 4.78 is 5.87. The first-order chi connectivity index (χ1) is 11.1. The normalized spacial score (nSPS) is 23.1. The fraction of sp³-hybridized carbons (Fsp3) is 0.556. The Balaban J connectivity index is 1.74. The van der Waals surface area contributed by atoms with Gasteiger partial charge in [0.1, 0.15) is 5.72 Å². The number of ether oxygens (including phenoxy) is 1. The summed E-state index contributed by atoms with van der Waals surface area (Å²) in [6.07, 6.45) is 5.51. The zero-order valence-electron chi connectivity index (χ0n) is 13.2. The van der Waals surface area contributed by atoms with Crippen LogP contribution in [0.4, 0.5) is 0 Å². The van der Waals surface area contributed by atoms with Crippen LogP contribution in [-0.4, -0.2) is 40.3 Å². The minimum absolute atomic E-state index is 0.104. The number of amides is 1. The van der Waals surface area contributed by atoms with Crippen LogP contribution < -0.4 is 0 Å². The van der Waals surface area contributed by atoms with Crippen LogP contribution in [0, 0.1) is 0 Å². The van der Waals surface area contributed by atoms with Gasteiger partial charge in [0.15, 0.2) is 6.04 Å². The molecule has 1 aromatic rings. The molecule has 1 aliphatic heterocycles. The number of hydrogen-bond acceptors (Lipinski definition) is 3. The smallest absolute Gasteiger partial charge is 0.328 e. The van der Waals surface area contributed by atoms with Crippen molar-refractivity contribution in [3.63, 3.8) is 0 Å². The van der Waals surface area contributed by atoms with Crippen LogP contribution in [0.1, 0.15) is 44.1 Å². The van der Waals surface area contributed by atoms with Gasteiger partial charge >= 0.3 is 5.97 Å². The van der Waals surface area contributed by atoms with Crippen molar-refractivity contribution in [3.05, 3.63) is 35.9 Å². The lowest BCUT2D eigenvalue weighted by atomic mass is 9.89. The number of aliphatic carboxylic acids is 1. The Morgan fingerprint density at radius 2 is 1.87 bits per heavy atom. The van der Waals surface area contributed by atoms with Crippen LogP contribution in [-0.2, 0) is 20.7 Å². The number of carbonyl (C=O) groups is 2. The summed E-state index contributed by atoms with van der Waals surface area (Å²) in [6.45, 7) is 0.104. The molecule has 0 bridgehead atoms. The van der Waals surface area contributed by atoms with Crippen LogP contribution in [0.2, 0.25) is 0 Å². The average Bonchev–Trinajstić information content (AvgIpc) is 2.93. The number of carboxylic acids is 1. The lowest BCUT2D eigenvalue weighted by Crippen LogP contribution is -2.54. The molecule has 23 heavy (non-hydrogen) atoms. The summed E-state index contributed by atoms with van der Waals surface area (Å²) in [4.78, 5) is 25.9. The standard InChI is InChI=1S/C18H23NO4/c20-16(10-9-14-7-3-1-4-8-14)19-15(17(21)22)13-23-18(19)11-5-2-6-12-18/h1,3-4,7-8,15H,2,5-6,9-13H2,(H,21,22)/t15-/m1/s1. The van der Waals surface area contributed by atoms with E-state index in [9.17, 15) is 14.7 Å². The third-order valence-electron chi connectivity index (χ3n) is 4.92. The van der Waals surface area contributed by atoms with Crippen molar-refractivity contribution in [2.45, 2.75) is 56.7 Å². The summed E-state index contributed by atoms with van der Waals surface area (Å²) in [5.41, 5.74) is 0.403. The summed E-state index contributed by atoms with van der Waals surface area (Å²) in [7, 11) is 0. The summed E-state index contributed by atoms with van der Waals surface area (Å²) in [5.74, 6) is -1.08. The van der Waals surface area contributed by atoms with Gasteiger partial charge in [0.2, 0.25) is 5.91 Å². The van der Waals surface area contributed by atoms with E-state index >= 15 is 0 Å². The van der Waals surface area contributed by atoms with Crippen LogP contribution in [0.25, 0.3) is 0 Å². The fourth-order valence-electron chi connectivity index (χ4n) is 3.75. The van der Waals surface area contributed by atoms with Gasteiger partial charge in [0, 0.05) is 6.42 Å². The molecule has 0 aromatic heterocycles. The first-order valence-electron chi connectivity index (χ1n) is 8.35. The molecule has 1 saturated heterocycles. The number of nitrogens with zero attached hydrogens (tertiary/aromatic N) is 1. The number of carboxylic acid groups (broad SMARTS) is 1. The van der Waals surface area contributed by atoms with Crippen molar-refractivity contribution in [1.82, 2.24) is 4.90 Å². The SMILES string of the molecule is O=C(O)[C@H]1COC2(CCCCC2)N1C(=O)CCc1ccccc1. The highest BCUT2D eigenvalue weighted by Gasteiger charge is 2.52. The van der Waals surface area contributed by atoms with Crippen LogP contribution in [0.5, 0.6) is 0 Å². The predicted molar refractivity (Wildman–Crippen MR) is 84.8 cm³/mol. The monoisotopic (exact) mass is 317 g/mol. The largest absolute Gasteiger partial charge is 0.480 e. The Hall–Kier alpha value is -1.88. The fourth-order valence-corrected chi connectivity index (χ4v) is 3.75. The molecule has 2 aliphatic rings. The molecule has 1 saturated carbocycles. The van der Waals surface area contributed by atoms with E-state index in [0.717, 1.165) is 37.7 Å².